The molecule has 0 heterocycles. The average molecular weight is 200 g/mol. The molecule has 0 spiro atoms. The summed E-state index contributed by atoms with van der Waals surface area (Å²) in [5.74, 6) is 0. The van der Waals surface area contributed by atoms with Crippen LogP contribution in [0.4, 0.5) is 0 Å². The quantitative estimate of drug-likeness (QED) is 0.535. The first kappa shape index (κ1) is 5.91. The van der Waals surface area contributed by atoms with Crippen LogP contribution in [0.3, 0.4) is 0 Å². The molecule has 0 atom stereocenters. The molecule has 0 nitrogen and oxygen atoms in total. The molecule has 0 unspecified atom stereocenters. The van der Waals surface area contributed by atoms with E-state index in [1.165, 1.54) is 11.7 Å². The Morgan fingerprint density at radius 1 is 1.80 bits per heavy atom. The molecule has 0 aromatic heterocycles. The summed E-state index contributed by atoms with van der Waals surface area (Å²) in [5, 5.41) is 1.19. The molecule has 0 amide bonds. The molecule has 0 saturated heterocycles. The molecule has 0 rings (SSSR count). The number of rotatable bonds is 2. The van der Waals surface area contributed by atoms with Gasteiger partial charge in [0.05, 0.1) is 0 Å². The van der Waals surface area contributed by atoms with Crippen molar-refractivity contribution in [2.24, 2.45) is 0 Å². The standard InChI is InChI=1S/C3H6Se2/c4-2-1-3-5/h2,5H,1,3H2. The molecule has 0 N–H and O–H groups in total. The van der Waals surface area contributed by atoms with Gasteiger partial charge in [0.15, 0.2) is 0 Å². The number of hydrogen-bond donors (Lipinski definition) is 0. The molecule has 0 aliphatic rings. The fraction of sp³-hybridized carbons (Fsp3) is 0.667. The summed E-state index contributed by atoms with van der Waals surface area (Å²) in [4.78, 5) is 2.04. The van der Waals surface area contributed by atoms with Crippen LogP contribution < -0.4 is 0 Å². The van der Waals surface area contributed by atoms with Crippen LogP contribution >= 0.6 is 0 Å². The van der Waals surface area contributed by atoms with Crippen LogP contribution in [0, 0.1) is 0 Å². The molecule has 5 heavy (non-hydrogen) atoms. The average Bonchev–Trinajstić information content (AvgIpc) is 1.41. The van der Waals surface area contributed by atoms with Gasteiger partial charge in [-0.1, -0.05) is 0 Å². The molecule has 0 saturated carbocycles. The third kappa shape index (κ3) is 4.91. The zero-order chi connectivity index (χ0) is 4.12. The van der Waals surface area contributed by atoms with E-state index in [0.717, 1.165) is 0 Å². The molecule has 0 fully saturated rings. The fourth-order valence-corrected chi connectivity index (χ4v) is 1.42. The van der Waals surface area contributed by atoms with Crippen LogP contribution in [0.25, 0.3) is 0 Å². The van der Waals surface area contributed by atoms with Crippen molar-refractivity contribution in [3.8, 4) is 0 Å². The van der Waals surface area contributed by atoms with E-state index >= 15 is 0 Å². The molecule has 0 aliphatic carbocycles. The van der Waals surface area contributed by atoms with Gasteiger partial charge in [-0.05, 0) is 0 Å². The predicted octanol–water partition coefficient (Wildman–Crippen LogP) is -0.334. The van der Waals surface area contributed by atoms with Crippen molar-refractivity contribution in [2.75, 3.05) is 0 Å². The van der Waals surface area contributed by atoms with Gasteiger partial charge in [0.1, 0.15) is 0 Å². The molecule has 0 aromatic rings. The zero-order valence-electron chi connectivity index (χ0n) is 2.85. The Morgan fingerprint density at radius 2 is 2.40 bits per heavy atom. The summed E-state index contributed by atoms with van der Waals surface area (Å²) in [5.41, 5.74) is 0. The van der Waals surface area contributed by atoms with Gasteiger partial charge >= 0.3 is 48.2 Å². The molecule has 0 aromatic carbocycles. The van der Waals surface area contributed by atoms with E-state index < -0.39 is 0 Å². The Balaban J connectivity index is 2.40. The van der Waals surface area contributed by atoms with Crippen molar-refractivity contribution < 1.29 is 0 Å². The minimum atomic E-state index is 1.18. The van der Waals surface area contributed by atoms with Gasteiger partial charge in [-0.15, -0.1) is 0 Å². The Kier molecular flexibility index (Phi) is 5.80. The van der Waals surface area contributed by atoms with Crippen molar-refractivity contribution in [1.82, 2.24) is 0 Å². The van der Waals surface area contributed by atoms with Gasteiger partial charge in [-0.3, -0.25) is 0 Å². The maximum atomic E-state index is 2.81. The molecular weight excluding hydrogens is 194 g/mol. The van der Waals surface area contributed by atoms with Crippen molar-refractivity contribution in [2.45, 2.75) is 11.7 Å². The van der Waals surface area contributed by atoms with Crippen LogP contribution in [-0.2, 0) is 0 Å². The van der Waals surface area contributed by atoms with Gasteiger partial charge in [0.2, 0.25) is 0 Å². The van der Waals surface area contributed by atoms with Crippen LogP contribution in [-0.4, -0.2) is 36.5 Å². The first-order valence-electron chi connectivity index (χ1n) is 1.46. The van der Waals surface area contributed by atoms with E-state index in [2.05, 4.69) is 31.6 Å². The normalized spacial score (nSPS) is 7.40. The fourth-order valence-electron chi connectivity index (χ4n) is 0.0527. The van der Waals surface area contributed by atoms with Gasteiger partial charge in [-0.25, -0.2) is 0 Å². The third-order valence-corrected chi connectivity index (χ3v) is 1.28. The van der Waals surface area contributed by atoms with Crippen molar-refractivity contribution >= 4 is 36.5 Å². The van der Waals surface area contributed by atoms with E-state index in [4.69, 9.17) is 0 Å². The molecule has 30 valence electrons. The van der Waals surface area contributed by atoms with Crippen LogP contribution in [0.15, 0.2) is 0 Å². The Bertz CT molecular complexity index is 26.1. The second-order valence-corrected chi connectivity index (χ2v) is 2.32. The van der Waals surface area contributed by atoms with E-state index in [0.29, 0.717) is 0 Å². The first-order chi connectivity index (χ1) is 2.41. The Morgan fingerprint density at radius 3 is 2.40 bits per heavy atom. The SMILES string of the molecule is [Se]=CCC[SeH]. The molecular formula is C3H6Se2. The predicted molar refractivity (Wildman–Crippen MR) is 28.4 cm³/mol. The zero-order valence-corrected chi connectivity index (χ0v) is 6.44. The molecule has 2 heteroatoms. The number of hydrogen-bond acceptors (Lipinski definition) is 0. The first-order valence-corrected chi connectivity index (χ1v) is 3.78. The molecule has 0 aliphatic heterocycles. The molecule has 0 bridgehead atoms. The Hall–Kier alpha value is 0.909. The summed E-state index contributed by atoms with van der Waals surface area (Å²) >= 11 is 5.34. The second-order valence-electron chi connectivity index (χ2n) is 0.679. The summed E-state index contributed by atoms with van der Waals surface area (Å²) in [6.45, 7) is 0. The summed E-state index contributed by atoms with van der Waals surface area (Å²) < 4.78 is 0. The van der Waals surface area contributed by atoms with Gasteiger partial charge in [-0.2, -0.15) is 0 Å². The molecule has 0 radical (unpaired) electrons. The maximum absolute atomic E-state index is 2.81. The monoisotopic (exact) mass is 202 g/mol. The minimum absolute atomic E-state index is 1.18. The summed E-state index contributed by atoms with van der Waals surface area (Å²) in [7, 11) is 0. The van der Waals surface area contributed by atoms with Crippen LogP contribution in [0.1, 0.15) is 6.42 Å². The van der Waals surface area contributed by atoms with Gasteiger partial charge < -0.3 is 0 Å². The van der Waals surface area contributed by atoms with Crippen molar-refractivity contribution in [3.63, 3.8) is 0 Å². The van der Waals surface area contributed by atoms with E-state index in [1.54, 1.807) is 0 Å². The topological polar surface area (TPSA) is 0 Å². The Labute approximate surface area is 48.5 Å². The third-order valence-electron chi connectivity index (χ3n) is 0.247. The van der Waals surface area contributed by atoms with Crippen molar-refractivity contribution in [3.05, 3.63) is 0 Å². The van der Waals surface area contributed by atoms with E-state index in [1.807, 2.05) is 4.92 Å². The van der Waals surface area contributed by atoms with E-state index in [-0.39, 0.29) is 0 Å². The van der Waals surface area contributed by atoms with E-state index in [9.17, 15) is 0 Å². The second kappa shape index (κ2) is 4.91. The van der Waals surface area contributed by atoms with Crippen LogP contribution in [0.5, 0.6) is 0 Å². The summed E-state index contributed by atoms with van der Waals surface area (Å²) in [6, 6.07) is 0. The van der Waals surface area contributed by atoms with Crippen LogP contribution in [0.2, 0.25) is 5.32 Å². The summed E-state index contributed by atoms with van der Waals surface area (Å²) in [6.07, 6.45) is 1.18. The van der Waals surface area contributed by atoms with Gasteiger partial charge in [0, 0.05) is 0 Å². The van der Waals surface area contributed by atoms with Gasteiger partial charge in [0.25, 0.3) is 0 Å². The van der Waals surface area contributed by atoms with Crippen molar-refractivity contribution in [1.29, 1.82) is 0 Å².